The fourth-order valence-electron chi connectivity index (χ4n) is 2.56. The first-order chi connectivity index (χ1) is 8.97. The van der Waals surface area contributed by atoms with Gasteiger partial charge in [-0.05, 0) is 26.7 Å². The molecule has 1 aromatic rings. The Morgan fingerprint density at radius 1 is 1.63 bits per heavy atom. The van der Waals surface area contributed by atoms with Gasteiger partial charge in [0.05, 0.1) is 4.92 Å². The quantitative estimate of drug-likeness (QED) is 0.649. The van der Waals surface area contributed by atoms with Crippen LogP contribution in [0.1, 0.15) is 25.5 Å². The topological polar surface area (TPSA) is 101 Å². The number of carboxylic acid groups (broad SMARTS) is 1. The summed E-state index contributed by atoms with van der Waals surface area (Å²) in [6.45, 7) is 4.36. The van der Waals surface area contributed by atoms with Gasteiger partial charge in [0.15, 0.2) is 0 Å². The molecule has 8 heteroatoms. The number of hydrogen-bond acceptors (Lipinski definition) is 5. The molecule has 0 radical (unpaired) electrons. The molecule has 104 valence electrons. The number of nitro groups is 1. The van der Waals surface area contributed by atoms with E-state index in [1.54, 1.807) is 11.8 Å². The number of anilines is 1. The van der Waals surface area contributed by atoms with Crippen molar-refractivity contribution in [2.24, 2.45) is 0 Å². The van der Waals surface area contributed by atoms with Crippen molar-refractivity contribution in [1.82, 2.24) is 9.78 Å². The molecule has 0 spiro atoms. The summed E-state index contributed by atoms with van der Waals surface area (Å²) in [5, 5.41) is 24.5. The molecule has 1 aromatic heterocycles. The highest BCUT2D eigenvalue weighted by atomic mass is 16.6. The number of aryl methyl sites for hydroxylation is 2. The molecule has 1 N–H and O–H groups in total. The molecule has 1 saturated heterocycles. The van der Waals surface area contributed by atoms with Crippen molar-refractivity contribution < 1.29 is 14.8 Å². The van der Waals surface area contributed by atoms with Crippen molar-refractivity contribution >= 4 is 17.5 Å². The summed E-state index contributed by atoms with van der Waals surface area (Å²) >= 11 is 0. The third-order valence-corrected chi connectivity index (χ3v) is 3.36. The van der Waals surface area contributed by atoms with Gasteiger partial charge in [0.2, 0.25) is 5.82 Å². The zero-order valence-corrected chi connectivity index (χ0v) is 10.9. The maximum atomic E-state index is 11.2. The molecule has 0 amide bonds. The smallest absolute Gasteiger partial charge is 0.333 e. The second kappa shape index (κ2) is 4.87. The van der Waals surface area contributed by atoms with Gasteiger partial charge in [0.1, 0.15) is 11.7 Å². The average molecular weight is 268 g/mol. The molecule has 1 aliphatic heterocycles. The molecule has 0 aliphatic carbocycles. The van der Waals surface area contributed by atoms with Gasteiger partial charge in [-0.3, -0.25) is 10.1 Å². The Labute approximate surface area is 109 Å². The summed E-state index contributed by atoms with van der Waals surface area (Å²) in [6, 6.07) is -0.708. The molecule has 2 heterocycles. The predicted molar refractivity (Wildman–Crippen MR) is 67.3 cm³/mol. The minimum atomic E-state index is -0.951. The fourth-order valence-corrected chi connectivity index (χ4v) is 2.56. The average Bonchev–Trinajstić information content (AvgIpc) is 2.91. The van der Waals surface area contributed by atoms with E-state index in [1.165, 1.54) is 4.68 Å². The maximum Gasteiger partial charge on any atom is 0.333 e. The normalized spacial score (nSPS) is 18.8. The van der Waals surface area contributed by atoms with Crippen molar-refractivity contribution in [3.63, 3.8) is 0 Å². The molecular weight excluding hydrogens is 252 g/mol. The number of nitrogens with zero attached hydrogens (tertiary/aromatic N) is 4. The molecule has 1 atom stereocenters. The Balaban J connectivity index is 2.54. The number of carbonyl (C=O) groups is 1. The SMILES string of the molecule is CCn1nc(C)c([N+](=O)[O-])c1N1CCCC1C(=O)O. The van der Waals surface area contributed by atoms with Crippen LogP contribution < -0.4 is 4.90 Å². The van der Waals surface area contributed by atoms with E-state index in [1.807, 2.05) is 6.92 Å². The maximum absolute atomic E-state index is 11.2. The summed E-state index contributed by atoms with van der Waals surface area (Å²) in [4.78, 5) is 23.5. The van der Waals surface area contributed by atoms with E-state index in [-0.39, 0.29) is 5.69 Å². The Morgan fingerprint density at radius 3 is 2.84 bits per heavy atom. The van der Waals surface area contributed by atoms with Crippen molar-refractivity contribution in [2.45, 2.75) is 39.3 Å². The lowest BCUT2D eigenvalue weighted by molar-refractivity contribution is -0.384. The minimum absolute atomic E-state index is 0.0880. The van der Waals surface area contributed by atoms with Gasteiger partial charge in [0.25, 0.3) is 0 Å². The van der Waals surface area contributed by atoms with E-state index in [9.17, 15) is 20.0 Å². The summed E-state index contributed by atoms with van der Waals surface area (Å²) in [5.74, 6) is -0.636. The van der Waals surface area contributed by atoms with E-state index < -0.39 is 16.9 Å². The first-order valence-corrected chi connectivity index (χ1v) is 6.18. The van der Waals surface area contributed by atoms with Gasteiger partial charge in [-0.25, -0.2) is 9.48 Å². The van der Waals surface area contributed by atoms with E-state index in [0.717, 1.165) is 0 Å². The largest absolute Gasteiger partial charge is 0.480 e. The lowest BCUT2D eigenvalue weighted by Crippen LogP contribution is -2.37. The molecule has 1 unspecified atom stereocenters. The van der Waals surface area contributed by atoms with Crippen LogP contribution in [0.25, 0.3) is 0 Å². The Kier molecular flexibility index (Phi) is 3.41. The zero-order valence-electron chi connectivity index (χ0n) is 10.9. The van der Waals surface area contributed by atoms with Gasteiger partial charge in [-0.1, -0.05) is 0 Å². The molecule has 0 aromatic carbocycles. The molecule has 8 nitrogen and oxygen atoms in total. The Bertz CT molecular complexity index is 525. The van der Waals surface area contributed by atoms with Gasteiger partial charge in [-0.15, -0.1) is 0 Å². The number of aromatic nitrogens is 2. The van der Waals surface area contributed by atoms with Crippen LogP contribution in [0.4, 0.5) is 11.5 Å². The predicted octanol–water partition coefficient (Wildman–Crippen LogP) is 1.17. The van der Waals surface area contributed by atoms with Crippen LogP contribution in [-0.4, -0.2) is 38.4 Å². The van der Waals surface area contributed by atoms with E-state index in [4.69, 9.17) is 0 Å². The Hall–Kier alpha value is -2.12. The molecular formula is C11H16N4O4. The summed E-state index contributed by atoms with van der Waals surface area (Å²) in [6.07, 6.45) is 1.21. The van der Waals surface area contributed by atoms with Gasteiger partial charge < -0.3 is 10.0 Å². The fraction of sp³-hybridized carbons (Fsp3) is 0.636. The molecule has 19 heavy (non-hydrogen) atoms. The molecule has 0 bridgehead atoms. The molecule has 0 saturated carbocycles. The van der Waals surface area contributed by atoms with Crippen LogP contribution in [0.5, 0.6) is 0 Å². The lowest BCUT2D eigenvalue weighted by Gasteiger charge is -2.23. The number of hydrogen-bond donors (Lipinski definition) is 1. The second-order valence-corrected chi connectivity index (χ2v) is 4.52. The van der Waals surface area contributed by atoms with Gasteiger partial charge >= 0.3 is 11.7 Å². The Morgan fingerprint density at radius 2 is 2.32 bits per heavy atom. The lowest BCUT2D eigenvalue weighted by atomic mass is 10.2. The number of aliphatic carboxylic acids is 1. The summed E-state index contributed by atoms with van der Waals surface area (Å²) < 4.78 is 1.51. The zero-order chi connectivity index (χ0) is 14.2. The van der Waals surface area contributed by atoms with Crippen molar-refractivity contribution in [3.8, 4) is 0 Å². The third kappa shape index (κ3) is 2.13. The van der Waals surface area contributed by atoms with Gasteiger partial charge in [0, 0.05) is 13.1 Å². The second-order valence-electron chi connectivity index (χ2n) is 4.52. The van der Waals surface area contributed by atoms with Gasteiger partial charge in [-0.2, -0.15) is 5.10 Å². The highest BCUT2D eigenvalue weighted by Crippen LogP contribution is 2.36. The highest BCUT2D eigenvalue weighted by Gasteiger charge is 2.38. The van der Waals surface area contributed by atoms with Crippen LogP contribution >= 0.6 is 0 Å². The van der Waals surface area contributed by atoms with E-state index >= 15 is 0 Å². The first-order valence-electron chi connectivity index (χ1n) is 6.18. The van der Waals surface area contributed by atoms with Crippen molar-refractivity contribution in [1.29, 1.82) is 0 Å². The van der Waals surface area contributed by atoms with Crippen LogP contribution in [0.2, 0.25) is 0 Å². The van der Waals surface area contributed by atoms with E-state index in [0.29, 0.717) is 37.4 Å². The molecule has 1 aliphatic rings. The highest BCUT2D eigenvalue weighted by molar-refractivity contribution is 5.80. The number of rotatable bonds is 4. The monoisotopic (exact) mass is 268 g/mol. The first kappa shape index (κ1) is 13.3. The number of carboxylic acids is 1. The van der Waals surface area contributed by atoms with Crippen LogP contribution in [0, 0.1) is 17.0 Å². The van der Waals surface area contributed by atoms with Crippen LogP contribution in [0.15, 0.2) is 0 Å². The van der Waals surface area contributed by atoms with Crippen molar-refractivity contribution in [3.05, 3.63) is 15.8 Å². The standard InChI is InChI=1S/C11H16N4O4/c1-3-14-10(9(15(18)19)7(2)12-14)13-6-4-5-8(13)11(16)17/h8H,3-6H2,1-2H3,(H,16,17). The molecule has 2 rings (SSSR count). The summed E-state index contributed by atoms with van der Waals surface area (Å²) in [5.41, 5.74) is 0.230. The van der Waals surface area contributed by atoms with E-state index in [2.05, 4.69) is 5.10 Å². The molecule has 1 fully saturated rings. The van der Waals surface area contributed by atoms with Crippen molar-refractivity contribution in [2.75, 3.05) is 11.4 Å². The van der Waals surface area contributed by atoms with Crippen LogP contribution in [-0.2, 0) is 11.3 Å². The summed E-state index contributed by atoms with van der Waals surface area (Å²) in [7, 11) is 0. The third-order valence-electron chi connectivity index (χ3n) is 3.36. The minimum Gasteiger partial charge on any atom is -0.480 e. The van der Waals surface area contributed by atoms with Crippen LogP contribution in [0.3, 0.4) is 0 Å².